The molecule has 4 amide bonds. The lowest BCUT2D eigenvalue weighted by molar-refractivity contribution is -0.139. The summed E-state index contributed by atoms with van der Waals surface area (Å²) in [5.41, 5.74) is 0.215. The number of carbonyl (C=O) groups is 3. The predicted molar refractivity (Wildman–Crippen MR) is 112 cm³/mol. The molecule has 2 heterocycles. The number of imide groups is 1. The van der Waals surface area contributed by atoms with Crippen molar-refractivity contribution in [3.63, 3.8) is 0 Å². The molecule has 8 nitrogen and oxygen atoms in total. The molecule has 1 saturated carbocycles. The summed E-state index contributed by atoms with van der Waals surface area (Å²) in [4.78, 5) is 43.4. The number of hydrogen-bond donors (Lipinski definition) is 1. The summed E-state index contributed by atoms with van der Waals surface area (Å²) in [7, 11) is 1.65. The summed E-state index contributed by atoms with van der Waals surface area (Å²) in [5, 5.41) is 2.90. The highest BCUT2D eigenvalue weighted by molar-refractivity contribution is 6.09. The lowest BCUT2D eigenvalue weighted by Crippen LogP contribution is -2.52. The van der Waals surface area contributed by atoms with Gasteiger partial charge < -0.3 is 19.9 Å². The Hall–Kier alpha value is -2.77. The SMILES string of the molecule is COc1ccccc1N1CCN(C(=O)CN2C(=O)NC3(CCCCCC3)C2=O)CC1. The molecule has 0 unspecified atom stereocenters. The van der Waals surface area contributed by atoms with Crippen LogP contribution in [0.2, 0.25) is 0 Å². The molecule has 8 heteroatoms. The van der Waals surface area contributed by atoms with Gasteiger partial charge >= 0.3 is 6.03 Å². The third kappa shape index (κ3) is 3.82. The van der Waals surface area contributed by atoms with Crippen molar-refractivity contribution in [1.29, 1.82) is 0 Å². The van der Waals surface area contributed by atoms with Gasteiger partial charge in [0.05, 0.1) is 12.8 Å². The molecule has 4 rings (SSSR count). The number of hydrogen-bond acceptors (Lipinski definition) is 5. The number of urea groups is 1. The Labute approximate surface area is 177 Å². The zero-order valence-corrected chi connectivity index (χ0v) is 17.6. The lowest BCUT2D eigenvalue weighted by Gasteiger charge is -2.37. The molecule has 3 aliphatic rings. The highest BCUT2D eigenvalue weighted by atomic mass is 16.5. The molecular weight excluding hydrogens is 384 g/mol. The van der Waals surface area contributed by atoms with Crippen LogP contribution < -0.4 is 15.0 Å². The summed E-state index contributed by atoms with van der Waals surface area (Å²) in [5.74, 6) is 0.407. The van der Waals surface area contributed by atoms with Crippen molar-refractivity contribution in [2.45, 2.75) is 44.1 Å². The number of ether oxygens (including phenoxy) is 1. The number of nitrogens with one attached hydrogen (secondary N) is 1. The van der Waals surface area contributed by atoms with Gasteiger partial charge in [-0.1, -0.05) is 37.8 Å². The summed E-state index contributed by atoms with van der Waals surface area (Å²) in [6.45, 7) is 2.27. The number of benzene rings is 1. The van der Waals surface area contributed by atoms with Crippen LogP contribution in [0.1, 0.15) is 38.5 Å². The van der Waals surface area contributed by atoms with Gasteiger partial charge in [0.15, 0.2) is 0 Å². The molecule has 3 fully saturated rings. The van der Waals surface area contributed by atoms with E-state index in [9.17, 15) is 14.4 Å². The van der Waals surface area contributed by atoms with Gasteiger partial charge in [-0.25, -0.2) is 4.79 Å². The Morgan fingerprint density at radius 2 is 1.70 bits per heavy atom. The van der Waals surface area contributed by atoms with Crippen molar-refractivity contribution in [3.8, 4) is 5.75 Å². The maximum atomic E-state index is 13.0. The van der Waals surface area contributed by atoms with E-state index in [1.165, 1.54) is 0 Å². The first kappa shape index (κ1) is 20.5. The summed E-state index contributed by atoms with van der Waals surface area (Å²) in [6.07, 6.45) is 5.36. The van der Waals surface area contributed by atoms with E-state index >= 15 is 0 Å². The van der Waals surface area contributed by atoms with Gasteiger partial charge in [-0.2, -0.15) is 0 Å². The van der Waals surface area contributed by atoms with Gasteiger partial charge in [0.25, 0.3) is 5.91 Å². The standard InChI is InChI=1S/C22H30N4O4/c1-30-18-9-5-4-8-17(18)24-12-14-25(15-13-24)19(27)16-26-20(28)22(23-21(26)29)10-6-2-3-7-11-22/h4-5,8-9H,2-3,6-7,10-16H2,1H3,(H,23,29). The third-order valence-corrected chi connectivity index (χ3v) is 6.55. The average Bonchev–Trinajstić information content (AvgIpc) is 2.93. The Morgan fingerprint density at radius 3 is 2.37 bits per heavy atom. The predicted octanol–water partition coefficient (Wildman–Crippen LogP) is 1.99. The lowest BCUT2D eigenvalue weighted by atomic mass is 9.90. The molecule has 0 bridgehead atoms. The van der Waals surface area contributed by atoms with Crippen LogP contribution in [0.4, 0.5) is 10.5 Å². The van der Waals surface area contributed by atoms with Crippen molar-refractivity contribution in [2.75, 3.05) is 44.7 Å². The summed E-state index contributed by atoms with van der Waals surface area (Å²) in [6, 6.07) is 7.41. The van der Waals surface area contributed by atoms with Crippen molar-refractivity contribution < 1.29 is 19.1 Å². The van der Waals surface area contributed by atoms with E-state index in [0.717, 1.165) is 42.0 Å². The summed E-state index contributed by atoms with van der Waals surface area (Å²) >= 11 is 0. The highest BCUT2D eigenvalue weighted by Crippen LogP contribution is 2.33. The number of piperazine rings is 1. The van der Waals surface area contributed by atoms with E-state index in [1.54, 1.807) is 12.0 Å². The van der Waals surface area contributed by atoms with Crippen LogP contribution >= 0.6 is 0 Å². The zero-order valence-electron chi connectivity index (χ0n) is 17.6. The van der Waals surface area contributed by atoms with Gasteiger partial charge in [0.1, 0.15) is 17.8 Å². The molecule has 0 atom stereocenters. The van der Waals surface area contributed by atoms with E-state index in [4.69, 9.17) is 4.74 Å². The van der Waals surface area contributed by atoms with E-state index in [0.29, 0.717) is 39.0 Å². The van der Waals surface area contributed by atoms with Crippen LogP contribution in [0.15, 0.2) is 24.3 Å². The minimum atomic E-state index is -0.795. The van der Waals surface area contributed by atoms with Crippen LogP contribution in [-0.2, 0) is 9.59 Å². The van der Waals surface area contributed by atoms with Gasteiger partial charge in [-0.15, -0.1) is 0 Å². The molecule has 1 spiro atoms. The topological polar surface area (TPSA) is 82.2 Å². The number of amides is 4. The number of para-hydroxylation sites is 2. The minimum absolute atomic E-state index is 0.177. The number of carbonyl (C=O) groups excluding carboxylic acids is 3. The molecule has 30 heavy (non-hydrogen) atoms. The summed E-state index contributed by atoms with van der Waals surface area (Å²) < 4.78 is 5.44. The monoisotopic (exact) mass is 414 g/mol. The minimum Gasteiger partial charge on any atom is -0.495 e. The third-order valence-electron chi connectivity index (χ3n) is 6.55. The van der Waals surface area contributed by atoms with Crippen molar-refractivity contribution in [1.82, 2.24) is 15.1 Å². The first-order chi connectivity index (χ1) is 14.5. The Kier molecular flexibility index (Phi) is 5.83. The molecule has 1 aromatic carbocycles. The van der Waals surface area contributed by atoms with Crippen LogP contribution in [0.25, 0.3) is 0 Å². The van der Waals surface area contributed by atoms with Crippen LogP contribution in [0.3, 0.4) is 0 Å². The largest absolute Gasteiger partial charge is 0.495 e. The highest BCUT2D eigenvalue weighted by Gasteiger charge is 2.51. The fourth-order valence-corrected chi connectivity index (χ4v) is 4.81. The normalized spacial score (nSPS) is 21.6. The number of rotatable bonds is 4. The second-order valence-electron chi connectivity index (χ2n) is 8.36. The first-order valence-electron chi connectivity index (χ1n) is 10.8. The molecule has 162 valence electrons. The fourth-order valence-electron chi connectivity index (χ4n) is 4.81. The average molecular weight is 415 g/mol. The Morgan fingerprint density at radius 1 is 1.03 bits per heavy atom. The molecular formula is C22H30N4O4. The number of anilines is 1. The number of nitrogens with zero attached hydrogens (tertiary/aromatic N) is 3. The van der Waals surface area contributed by atoms with Gasteiger partial charge in [-0.3, -0.25) is 14.5 Å². The van der Waals surface area contributed by atoms with E-state index in [-0.39, 0.29) is 18.4 Å². The van der Waals surface area contributed by atoms with Crippen LogP contribution in [0, 0.1) is 0 Å². The second-order valence-corrected chi connectivity index (χ2v) is 8.36. The Bertz CT molecular complexity index is 811. The molecule has 1 aromatic rings. The molecule has 0 radical (unpaired) electrons. The zero-order chi connectivity index (χ0) is 21.1. The van der Waals surface area contributed by atoms with E-state index < -0.39 is 11.6 Å². The quantitative estimate of drug-likeness (QED) is 0.762. The van der Waals surface area contributed by atoms with Crippen LogP contribution in [0.5, 0.6) is 5.75 Å². The Balaban J connectivity index is 1.36. The first-order valence-corrected chi connectivity index (χ1v) is 10.8. The van der Waals surface area contributed by atoms with Gasteiger partial charge in [0, 0.05) is 26.2 Å². The van der Waals surface area contributed by atoms with Crippen LogP contribution in [-0.4, -0.2) is 73.0 Å². The maximum Gasteiger partial charge on any atom is 0.325 e. The molecule has 0 aromatic heterocycles. The molecule has 2 aliphatic heterocycles. The van der Waals surface area contributed by atoms with Gasteiger partial charge in [0.2, 0.25) is 5.91 Å². The number of methoxy groups -OCH3 is 1. The second kappa shape index (κ2) is 8.53. The smallest absolute Gasteiger partial charge is 0.325 e. The molecule has 1 N–H and O–H groups in total. The van der Waals surface area contributed by atoms with E-state index in [2.05, 4.69) is 10.2 Å². The van der Waals surface area contributed by atoms with E-state index in [1.807, 2.05) is 24.3 Å². The fraction of sp³-hybridized carbons (Fsp3) is 0.591. The van der Waals surface area contributed by atoms with Crippen molar-refractivity contribution >= 4 is 23.5 Å². The van der Waals surface area contributed by atoms with Crippen molar-refractivity contribution in [3.05, 3.63) is 24.3 Å². The molecule has 1 aliphatic carbocycles. The van der Waals surface area contributed by atoms with Gasteiger partial charge in [-0.05, 0) is 25.0 Å². The maximum absolute atomic E-state index is 13.0. The van der Waals surface area contributed by atoms with Crippen molar-refractivity contribution in [2.24, 2.45) is 0 Å². The molecule has 2 saturated heterocycles.